The summed E-state index contributed by atoms with van der Waals surface area (Å²) >= 11 is 0. The summed E-state index contributed by atoms with van der Waals surface area (Å²) in [5, 5.41) is 3.22. The first-order valence-electron chi connectivity index (χ1n) is 10.4. The number of nitrogens with zero attached hydrogens (tertiary/aromatic N) is 5. The van der Waals surface area contributed by atoms with Gasteiger partial charge in [-0.2, -0.15) is 0 Å². The fourth-order valence-corrected chi connectivity index (χ4v) is 3.60. The van der Waals surface area contributed by atoms with Crippen molar-refractivity contribution in [1.29, 1.82) is 0 Å². The normalized spacial score (nSPS) is 13.6. The molecule has 1 saturated heterocycles. The molecule has 3 aromatic rings. The Bertz CT molecular complexity index is 1060. The lowest BCUT2D eigenvalue weighted by Gasteiger charge is -2.35. The standard InChI is InChI=1S/C23H26N6O3/c1-16-25-21(27-20-6-4-5-7-24-20)15-22(26-16)28-8-10-29(11-9-28)23(30)17-12-18(31-2)14-19(13-17)32-3/h4-7,12-15H,8-11H2,1-3H3,(H,24,25,26,27). The summed E-state index contributed by atoms with van der Waals surface area (Å²) in [6.45, 7) is 4.39. The molecule has 1 fully saturated rings. The van der Waals surface area contributed by atoms with Crippen LogP contribution in [0.3, 0.4) is 0 Å². The minimum absolute atomic E-state index is 0.0433. The second-order valence-electron chi connectivity index (χ2n) is 7.38. The van der Waals surface area contributed by atoms with Gasteiger partial charge in [-0.25, -0.2) is 15.0 Å². The highest BCUT2D eigenvalue weighted by atomic mass is 16.5. The number of rotatable bonds is 6. The molecule has 0 radical (unpaired) electrons. The zero-order valence-corrected chi connectivity index (χ0v) is 18.4. The van der Waals surface area contributed by atoms with E-state index in [9.17, 15) is 4.79 Å². The highest BCUT2D eigenvalue weighted by molar-refractivity contribution is 5.95. The van der Waals surface area contributed by atoms with Gasteiger partial charge in [0.1, 0.15) is 34.8 Å². The number of hydrogen-bond acceptors (Lipinski definition) is 8. The van der Waals surface area contributed by atoms with Gasteiger partial charge in [0.25, 0.3) is 5.91 Å². The van der Waals surface area contributed by atoms with Gasteiger partial charge >= 0.3 is 0 Å². The van der Waals surface area contributed by atoms with Gasteiger partial charge in [0.2, 0.25) is 0 Å². The van der Waals surface area contributed by atoms with E-state index in [4.69, 9.17) is 9.47 Å². The van der Waals surface area contributed by atoms with E-state index in [0.29, 0.717) is 54.9 Å². The molecule has 1 aliphatic heterocycles. The summed E-state index contributed by atoms with van der Waals surface area (Å²) < 4.78 is 10.6. The van der Waals surface area contributed by atoms with Crippen molar-refractivity contribution in [3.63, 3.8) is 0 Å². The van der Waals surface area contributed by atoms with Gasteiger partial charge in [-0.1, -0.05) is 6.07 Å². The summed E-state index contributed by atoms with van der Waals surface area (Å²) in [5.41, 5.74) is 0.550. The lowest BCUT2D eigenvalue weighted by Crippen LogP contribution is -2.49. The molecule has 1 aromatic carbocycles. The predicted octanol–water partition coefficient (Wildman–Crippen LogP) is 2.90. The van der Waals surface area contributed by atoms with Crippen LogP contribution in [0.2, 0.25) is 0 Å². The number of benzene rings is 1. The quantitative estimate of drug-likeness (QED) is 0.633. The maximum Gasteiger partial charge on any atom is 0.254 e. The third-order valence-electron chi connectivity index (χ3n) is 5.23. The van der Waals surface area contributed by atoms with E-state index in [0.717, 1.165) is 11.6 Å². The molecular formula is C23H26N6O3. The van der Waals surface area contributed by atoms with Crippen molar-refractivity contribution in [2.45, 2.75) is 6.92 Å². The van der Waals surface area contributed by atoms with E-state index < -0.39 is 0 Å². The van der Waals surface area contributed by atoms with Crippen LogP contribution in [-0.4, -0.2) is 66.2 Å². The molecule has 1 aliphatic rings. The van der Waals surface area contributed by atoms with Crippen molar-refractivity contribution in [3.8, 4) is 11.5 Å². The van der Waals surface area contributed by atoms with Crippen molar-refractivity contribution in [3.05, 3.63) is 60.0 Å². The number of aryl methyl sites for hydroxylation is 1. The third kappa shape index (κ3) is 4.88. The monoisotopic (exact) mass is 434 g/mol. The molecule has 0 aliphatic carbocycles. The van der Waals surface area contributed by atoms with Crippen molar-refractivity contribution >= 4 is 23.4 Å². The number of aromatic nitrogens is 3. The molecular weight excluding hydrogens is 408 g/mol. The van der Waals surface area contributed by atoms with E-state index >= 15 is 0 Å². The number of methoxy groups -OCH3 is 2. The second-order valence-corrected chi connectivity index (χ2v) is 7.38. The Labute approximate surface area is 187 Å². The fourth-order valence-electron chi connectivity index (χ4n) is 3.60. The molecule has 0 bridgehead atoms. The van der Waals surface area contributed by atoms with E-state index in [-0.39, 0.29) is 5.91 Å². The molecule has 0 unspecified atom stereocenters. The molecule has 0 spiro atoms. The van der Waals surface area contributed by atoms with Crippen molar-refractivity contribution in [1.82, 2.24) is 19.9 Å². The number of amides is 1. The van der Waals surface area contributed by atoms with Gasteiger partial charge in [-0.15, -0.1) is 0 Å². The Morgan fingerprint density at radius 2 is 1.66 bits per heavy atom. The Balaban J connectivity index is 1.44. The number of carbonyl (C=O) groups excluding carboxylic acids is 1. The van der Waals surface area contributed by atoms with Crippen LogP contribution >= 0.6 is 0 Å². The Kier molecular flexibility index (Phi) is 6.34. The van der Waals surface area contributed by atoms with Gasteiger partial charge in [0.15, 0.2) is 0 Å². The Morgan fingerprint density at radius 1 is 0.938 bits per heavy atom. The lowest BCUT2D eigenvalue weighted by atomic mass is 10.1. The fraction of sp³-hybridized carbons (Fsp3) is 0.304. The first-order valence-corrected chi connectivity index (χ1v) is 10.4. The van der Waals surface area contributed by atoms with E-state index in [2.05, 4.69) is 25.2 Å². The first kappa shape index (κ1) is 21.4. The van der Waals surface area contributed by atoms with Crippen molar-refractivity contribution in [2.24, 2.45) is 0 Å². The SMILES string of the molecule is COc1cc(OC)cc(C(=O)N2CCN(c3cc(Nc4ccccn4)nc(C)n3)CC2)c1. The van der Waals surface area contributed by atoms with Crippen LogP contribution in [0.1, 0.15) is 16.2 Å². The molecule has 3 heterocycles. The van der Waals surface area contributed by atoms with Gasteiger partial charge < -0.3 is 24.6 Å². The molecule has 0 atom stereocenters. The number of nitrogens with one attached hydrogen (secondary N) is 1. The van der Waals surface area contributed by atoms with Gasteiger partial charge in [-0.05, 0) is 31.2 Å². The van der Waals surface area contributed by atoms with Crippen LogP contribution in [0.25, 0.3) is 0 Å². The number of piperazine rings is 1. The topological polar surface area (TPSA) is 92.7 Å². The number of anilines is 3. The number of pyridine rings is 1. The van der Waals surface area contributed by atoms with E-state index in [1.54, 1.807) is 38.6 Å². The van der Waals surface area contributed by atoms with Gasteiger partial charge in [0.05, 0.1) is 14.2 Å². The van der Waals surface area contributed by atoms with Gasteiger partial charge in [0, 0.05) is 50.1 Å². The second kappa shape index (κ2) is 9.51. The molecule has 2 aromatic heterocycles. The molecule has 1 amide bonds. The molecule has 0 saturated carbocycles. The van der Waals surface area contributed by atoms with Crippen LogP contribution in [0, 0.1) is 6.92 Å². The molecule has 9 heteroatoms. The maximum atomic E-state index is 13.0. The zero-order chi connectivity index (χ0) is 22.5. The Hall–Kier alpha value is -3.88. The largest absolute Gasteiger partial charge is 0.497 e. The molecule has 166 valence electrons. The average molecular weight is 435 g/mol. The number of carbonyl (C=O) groups is 1. The van der Waals surface area contributed by atoms with Crippen molar-refractivity contribution < 1.29 is 14.3 Å². The molecule has 32 heavy (non-hydrogen) atoms. The lowest BCUT2D eigenvalue weighted by molar-refractivity contribution is 0.0745. The molecule has 9 nitrogen and oxygen atoms in total. The summed E-state index contributed by atoms with van der Waals surface area (Å²) in [7, 11) is 3.14. The smallest absolute Gasteiger partial charge is 0.254 e. The van der Waals surface area contributed by atoms with E-state index in [1.807, 2.05) is 36.1 Å². The van der Waals surface area contributed by atoms with Crippen LogP contribution in [-0.2, 0) is 0 Å². The Morgan fingerprint density at radius 3 is 2.28 bits per heavy atom. The summed E-state index contributed by atoms with van der Waals surface area (Å²) in [4.78, 5) is 30.4. The number of hydrogen-bond donors (Lipinski definition) is 1. The predicted molar refractivity (Wildman–Crippen MR) is 122 cm³/mol. The highest BCUT2D eigenvalue weighted by Gasteiger charge is 2.24. The maximum absolute atomic E-state index is 13.0. The number of ether oxygens (including phenoxy) is 2. The zero-order valence-electron chi connectivity index (χ0n) is 18.4. The molecule has 4 rings (SSSR count). The minimum atomic E-state index is -0.0433. The summed E-state index contributed by atoms with van der Waals surface area (Å²) in [6.07, 6.45) is 1.73. The minimum Gasteiger partial charge on any atom is -0.497 e. The third-order valence-corrected chi connectivity index (χ3v) is 5.23. The summed E-state index contributed by atoms with van der Waals surface area (Å²) in [6, 6.07) is 12.8. The first-order chi connectivity index (χ1) is 15.6. The highest BCUT2D eigenvalue weighted by Crippen LogP contribution is 2.25. The van der Waals surface area contributed by atoms with Crippen LogP contribution in [0.5, 0.6) is 11.5 Å². The van der Waals surface area contributed by atoms with Gasteiger partial charge in [-0.3, -0.25) is 4.79 Å². The van der Waals surface area contributed by atoms with E-state index in [1.165, 1.54) is 0 Å². The summed E-state index contributed by atoms with van der Waals surface area (Å²) in [5.74, 6) is 4.05. The van der Waals surface area contributed by atoms with Crippen LogP contribution in [0.4, 0.5) is 17.5 Å². The average Bonchev–Trinajstić information content (AvgIpc) is 2.83. The molecule has 1 N–H and O–H groups in total. The van der Waals surface area contributed by atoms with Crippen LogP contribution < -0.4 is 19.7 Å². The van der Waals surface area contributed by atoms with Crippen LogP contribution in [0.15, 0.2) is 48.7 Å². The van der Waals surface area contributed by atoms with Crippen molar-refractivity contribution in [2.75, 3.05) is 50.6 Å².